The molecule has 0 N–H and O–H groups in total. The molecular weight excluding hydrogens is 469 g/mol. The van der Waals surface area contributed by atoms with Gasteiger partial charge in [-0.25, -0.2) is 0 Å². The Kier molecular flexibility index (Phi) is 7.75. The molecule has 0 saturated carbocycles. The third-order valence-electron chi connectivity index (χ3n) is 5.14. The Hall–Kier alpha value is -2.81. The number of alkyl halides is 3. The van der Waals surface area contributed by atoms with E-state index in [9.17, 15) is 27.6 Å². The molecule has 0 spiro atoms. The van der Waals surface area contributed by atoms with Crippen molar-refractivity contribution in [2.75, 3.05) is 6.61 Å². The number of hydrogen-bond acceptors (Lipinski definition) is 6. The molecule has 0 aromatic heterocycles. The number of benzene rings is 2. The Morgan fingerprint density at radius 1 is 1.09 bits per heavy atom. The molecule has 0 aliphatic carbocycles. The van der Waals surface area contributed by atoms with Crippen LogP contribution in [0.3, 0.4) is 0 Å². The van der Waals surface area contributed by atoms with Crippen LogP contribution in [0.2, 0.25) is 0 Å². The summed E-state index contributed by atoms with van der Waals surface area (Å²) < 4.78 is 50.8. The number of ether oxygens (including phenoxy) is 2. The zero-order valence-electron chi connectivity index (χ0n) is 19.0. The molecule has 1 fully saturated rings. The molecule has 1 aliphatic rings. The predicted octanol–water partition coefficient (Wildman–Crippen LogP) is 5.56. The van der Waals surface area contributed by atoms with Crippen LogP contribution >= 0.6 is 11.8 Å². The molecule has 2 atom stereocenters. The van der Waals surface area contributed by atoms with Gasteiger partial charge in [0, 0.05) is 0 Å². The SMILES string of the molecule is CC(C)(C)C(=O)OC(COc1ccc(CC2SC(=O)CC2=O)cc1)c1cccc(C(F)(F)F)c1. The molecule has 2 aromatic carbocycles. The Balaban J connectivity index is 1.72. The molecule has 0 bridgehead atoms. The minimum absolute atomic E-state index is 0.0409. The Labute approximate surface area is 200 Å². The van der Waals surface area contributed by atoms with Crippen molar-refractivity contribution in [3.8, 4) is 5.75 Å². The first-order valence-electron chi connectivity index (χ1n) is 10.6. The Bertz CT molecular complexity index is 1060. The van der Waals surface area contributed by atoms with Gasteiger partial charge in [-0.15, -0.1) is 0 Å². The molecule has 1 saturated heterocycles. The van der Waals surface area contributed by atoms with E-state index in [-0.39, 0.29) is 34.7 Å². The summed E-state index contributed by atoms with van der Waals surface area (Å²) in [7, 11) is 0. The molecule has 3 rings (SSSR count). The second-order valence-electron chi connectivity index (χ2n) is 9.05. The highest BCUT2D eigenvalue weighted by molar-refractivity contribution is 8.15. The zero-order valence-corrected chi connectivity index (χ0v) is 19.8. The lowest BCUT2D eigenvalue weighted by molar-refractivity contribution is -0.160. The van der Waals surface area contributed by atoms with Crippen molar-refractivity contribution in [2.45, 2.75) is 51.1 Å². The second-order valence-corrected chi connectivity index (χ2v) is 10.3. The topological polar surface area (TPSA) is 69.7 Å². The van der Waals surface area contributed by atoms with E-state index in [4.69, 9.17) is 9.47 Å². The number of ketones is 1. The van der Waals surface area contributed by atoms with Gasteiger partial charge in [0.1, 0.15) is 12.4 Å². The summed E-state index contributed by atoms with van der Waals surface area (Å²) in [5.74, 6) is -0.226. The van der Waals surface area contributed by atoms with Gasteiger partial charge >= 0.3 is 12.1 Å². The van der Waals surface area contributed by atoms with Crippen molar-refractivity contribution in [2.24, 2.45) is 5.41 Å². The van der Waals surface area contributed by atoms with Crippen molar-refractivity contribution in [3.63, 3.8) is 0 Å². The minimum Gasteiger partial charge on any atom is -0.489 e. The second kappa shape index (κ2) is 10.2. The first-order valence-corrected chi connectivity index (χ1v) is 11.5. The number of thioether (sulfide) groups is 1. The fraction of sp³-hybridized carbons (Fsp3) is 0.400. The van der Waals surface area contributed by atoms with E-state index >= 15 is 0 Å². The molecule has 2 unspecified atom stereocenters. The number of carbonyl (C=O) groups excluding carboxylic acids is 3. The number of esters is 1. The van der Waals surface area contributed by atoms with Crippen molar-refractivity contribution >= 4 is 28.6 Å². The summed E-state index contributed by atoms with van der Waals surface area (Å²) in [6.07, 6.45) is -5.20. The maximum Gasteiger partial charge on any atom is 0.416 e. The number of Topliss-reactive ketones (excluding diaryl/α,β-unsaturated/α-hetero) is 1. The monoisotopic (exact) mass is 494 g/mol. The lowest BCUT2D eigenvalue weighted by Gasteiger charge is -2.24. The van der Waals surface area contributed by atoms with E-state index in [1.54, 1.807) is 45.0 Å². The average Bonchev–Trinajstić information content (AvgIpc) is 3.07. The van der Waals surface area contributed by atoms with Crippen LogP contribution < -0.4 is 4.74 Å². The van der Waals surface area contributed by atoms with Crippen molar-refractivity contribution in [1.29, 1.82) is 0 Å². The quantitative estimate of drug-likeness (QED) is 0.371. The standard InChI is InChI=1S/C25H25F3O5S/c1-24(2,3)23(31)33-20(16-5-4-6-17(12-16)25(26,27)28)14-32-18-9-7-15(8-10-18)11-21-19(29)13-22(30)34-21/h4-10,12,20-21H,11,13-14H2,1-3H3. The highest BCUT2D eigenvalue weighted by Crippen LogP contribution is 2.33. The van der Waals surface area contributed by atoms with E-state index in [0.717, 1.165) is 29.5 Å². The maximum absolute atomic E-state index is 13.2. The number of hydrogen-bond donors (Lipinski definition) is 0. The molecule has 1 heterocycles. The first kappa shape index (κ1) is 25.8. The molecular formula is C25H25F3O5S. The summed E-state index contributed by atoms with van der Waals surface area (Å²) >= 11 is 1.05. The van der Waals surface area contributed by atoms with Crippen LogP contribution in [0.4, 0.5) is 13.2 Å². The molecule has 34 heavy (non-hydrogen) atoms. The summed E-state index contributed by atoms with van der Waals surface area (Å²) in [6.45, 7) is 4.77. The zero-order chi connectivity index (χ0) is 25.1. The van der Waals surface area contributed by atoms with Crippen molar-refractivity contribution in [1.82, 2.24) is 0 Å². The lowest BCUT2D eigenvalue weighted by Crippen LogP contribution is -2.27. The van der Waals surface area contributed by atoms with Gasteiger partial charge in [-0.3, -0.25) is 14.4 Å². The molecule has 182 valence electrons. The van der Waals surface area contributed by atoms with Gasteiger partial charge in [0.2, 0.25) is 0 Å². The normalized spacial score (nSPS) is 17.5. The fourth-order valence-corrected chi connectivity index (χ4v) is 4.24. The average molecular weight is 495 g/mol. The summed E-state index contributed by atoms with van der Waals surface area (Å²) in [5.41, 5.74) is -0.672. The lowest BCUT2D eigenvalue weighted by atomic mass is 9.97. The minimum atomic E-state index is -4.53. The largest absolute Gasteiger partial charge is 0.489 e. The summed E-state index contributed by atoms with van der Waals surface area (Å²) in [6, 6.07) is 11.5. The molecule has 1 aliphatic heterocycles. The Morgan fingerprint density at radius 3 is 2.32 bits per heavy atom. The van der Waals surface area contributed by atoms with Crippen LogP contribution in [0.5, 0.6) is 5.75 Å². The van der Waals surface area contributed by atoms with E-state index in [1.807, 2.05) is 0 Å². The van der Waals surface area contributed by atoms with Crippen molar-refractivity contribution in [3.05, 3.63) is 65.2 Å². The van der Waals surface area contributed by atoms with Crippen molar-refractivity contribution < 1.29 is 37.0 Å². The van der Waals surface area contributed by atoms with Crippen LogP contribution in [-0.2, 0) is 31.7 Å². The smallest absolute Gasteiger partial charge is 0.416 e. The molecule has 9 heteroatoms. The van der Waals surface area contributed by atoms with E-state index in [2.05, 4.69) is 0 Å². The van der Waals surface area contributed by atoms with E-state index in [1.165, 1.54) is 12.1 Å². The first-order chi connectivity index (χ1) is 15.8. The third-order valence-corrected chi connectivity index (χ3v) is 6.27. The van der Waals surface area contributed by atoms with Gasteiger partial charge in [0.15, 0.2) is 17.0 Å². The highest BCUT2D eigenvalue weighted by Gasteiger charge is 2.33. The highest BCUT2D eigenvalue weighted by atomic mass is 32.2. The Morgan fingerprint density at radius 2 is 1.76 bits per heavy atom. The maximum atomic E-state index is 13.2. The van der Waals surface area contributed by atoms with Crippen LogP contribution in [0.1, 0.15) is 50.0 Å². The number of rotatable bonds is 7. The van der Waals surface area contributed by atoms with Crippen LogP contribution in [0.15, 0.2) is 48.5 Å². The molecule has 0 amide bonds. The van der Waals surface area contributed by atoms with Gasteiger partial charge in [-0.2, -0.15) is 13.2 Å². The van der Waals surface area contributed by atoms with E-state index in [0.29, 0.717) is 12.2 Å². The van der Waals surface area contributed by atoms with Crippen LogP contribution in [0, 0.1) is 5.41 Å². The van der Waals surface area contributed by atoms with E-state index < -0.39 is 29.2 Å². The summed E-state index contributed by atoms with van der Waals surface area (Å²) in [5, 5.41) is -0.512. The van der Waals surface area contributed by atoms with Gasteiger partial charge in [0.05, 0.1) is 22.6 Å². The predicted molar refractivity (Wildman–Crippen MR) is 121 cm³/mol. The number of carbonyl (C=O) groups is 3. The summed E-state index contributed by atoms with van der Waals surface area (Å²) in [4.78, 5) is 35.7. The molecule has 5 nitrogen and oxygen atoms in total. The third kappa shape index (κ3) is 6.85. The van der Waals surface area contributed by atoms with Gasteiger partial charge in [0.25, 0.3) is 0 Å². The number of halogens is 3. The van der Waals surface area contributed by atoms with Gasteiger partial charge in [-0.05, 0) is 62.6 Å². The van der Waals surface area contributed by atoms with Gasteiger partial charge < -0.3 is 9.47 Å². The molecule has 0 radical (unpaired) electrons. The van der Waals surface area contributed by atoms with Crippen LogP contribution in [0.25, 0.3) is 0 Å². The fourth-order valence-electron chi connectivity index (χ4n) is 3.20. The van der Waals surface area contributed by atoms with Gasteiger partial charge in [-0.1, -0.05) is 36.0 Å². The molecule has 2 aromatic rings. The van der Waals surface area contributed by atoms with Crippen LogP contribution in [-0.4, -0.2) is 28.7 Å².